The first-order valence-electron chi connectivity index (χ1n) is 6.25. The molecule has 1 aliphatic heterocycles. The molecule has 1 fully saturated rings. The van der Waals surface area contributed by atoms with E-state index in [0.29, 0.717) is 0 Å². The van der Waals surface area contributed by atoms with Gasteiger partial charge in [0.15, 0.2) is 0 Å². The molecule has 0 aliphatic carbocycles. The van der Waals surface area contributed by atoms with Gasteiger partial charge in [-0.2, -0.15) is 0 Å². The molecular formula is C12H21N3S. The summed E-state index contributed by atoms with van der Waals surface area (Å²) in [6, 6.07) is 0. The summed E-state index contributed by atoms with van der Waals surface area (Å²) < 4.78 is 0. The van der Waals surface area contributed by atoms with Gasteiger partial charge in [-0.15, -0.1) is 11.3 Å². The third-order valence-electron chi connectivity index (χ3n) is 3.07. The Morgan fingerprint density at radius 1 is 1.31 bits per heavy atom. The van der Waals surface area contributed by atoms with E-state index in [-0.39, 0.29) is 0 Å². The third kappa shape index (κ3) is 4.20. The van der Waals surface area contributed by atoms with Crippen molar-refractivity contribution in [3.05, 3.63) is 16.6 Å². The van der Waals surface area contributed by atoms with Crippen LogP contribution < -0.4 is 5.32 Å². The molecule has 1 saturated heterocycles. The van der Waals surface area contributed by atoms with Crippen LogP contribution in [0.15, 0.2) is 10.9 Å². The lowest BCUT2D eigenvalue weighted by Crippen LogP contribution is -2.32. The zero-order valence-electron chi connectivity index (χ0n) is 9.82. The van der Waals surface area contributed by atoms with Crippen LogP contribution in [-0.2, 0) is 6.54 Å². The summed E-state index contributed by atoms with van der Waals surface area (Å²) in [6.07, 6.45) is 5.47. The van der Waals surface area contributed by atoms with Gasteiger partial charge in [0.25, 0.3) is 0 Å². The Kier molecular flexibility index (Phi) is 5.25. The van der Waals surface area contributed by atoms with Crippen molar-refractivity contribution in [3.8, 4) is 0 Å². The molecule has 0 bridgehead atoms. The Morgan fingerprint density at radius 3 is 2.94 bits per heavy atom. The van der Waals surface area contributed by atoms with Gasteiger partial charge in [-0.3, -0.25) is 0 Å². The van der Waals surface area contributed by atoms with Crippen molar-refractivity contribution in [3.63, 3.8) is 0 Å². The molecule has 0 amide bonds. The topological polar surface area (TPSA) is 28.2 Å². The maximum absolute atomic E-state index is 4.25. The molecule has 2 rings (SSSR count). The fraction of sp³-hybridized carbons (Fsp3) is 0.750. The van der Waals surface area contributed by atoms with E-state index in [1.54, 1.807) is 11.3 Å². The predicted octanol–water partition coefficient (Wildman–Crippen LogP) is 2.11. The van der Waals surface area contributed by atoms with Gasteiger partial charge < -0.3 is 10.2 Å². The molecule has 1 N–H and O–H groups in total. The quantitative estimate of drug-likeness (QED) is 0.771. The number of piperidine rings is 1. The number of hydrogen-bond donors (Lipinski definition) is 1. The van der Waals surface area contributed by atoms with Crippen LogP contribution in [0, 0.1) is 0 Å². The van der Waals surface area contributed by atoms with Gasteiger partial charge in [0.1, 0.15) is 0 Å². The summed E-state index contributed by atoms with van der Waals surface area (Å²) in [5.41, 5.74) is 3.06. The minimum Gasteiger partial charge on any atom is -0.311 e. The molecule has 0 atom stereocenters. The Labute approximate surface area is 102 Å². The van der Waals surface area contributed by atoms with E-state index in [9.17, 15) is 0 Å². The average Bonchev–Trinajstić information content (AvgIpc) is 2.83. The van der Waals surface area contributed by atoms with Crippen molar-refractivity contribution in [2.75, 3.05) is 26.2 Å². The van der Waals surface area contributed by atoms with Crippen LogP contribution in [0.4, 0.5) is 0 Å². The van der Waals surface area contributed by atoms with Crippen LogP contribution in [-0.4, -0.2) is 36.1 Å². The fourth-order valence-corrected chi connectivity index (χ4v) is 2.71. The first kappa shape index (κ1) is 12.0. The second kappa shape index (κ2) is 6.99. The Balaban J connectivity index is 1.48. The fourth-order valence-electron chi connectivity index (χ4n) is 2.15. The van der Waals surface area contributed by atoms with E-state index in [1.807, 2.05) is 5.51 Å². The number of nitrogens with one attached hydrogen (secondary N) is 1. The number of nitrogens with zero attached hydrogens (tertiary/aromatic N) is 2. The molecule has 16 heavy (non-hydrogen) atoms. The van der Waals surface area contributed by atoms with E-state index >= 15 is 0 Å². The van der Waals surface area contributed by atoms with Gasteiger partial charge in [-0.05, 0) is 45.4 Å². The molecule has 2 heterocycles. The minimum absolute atomic E-state index is 0.920. The van der Waals surface area contributed by atoms with E-state index in [2.05, 4.69) is 20.6 Å². The minimum atomic E-state index is 0.920. The third-order valence-corrected chi connectivity index (χ3v) is 3.70. The van der Waals surface area contributed by atoms with E-state index in [1.165, 1.54) is 51.0 Å². The standard InChI is InChI=1S/C12H21N3S/c1-2-6-15(7-3-1)8-4-5-13-9-12-10-16-11-14-12/h10-11,13H,1-9H2. The highest BCUT2D eigenvalue weighted by Gasteiger charge is 2.08. The normalized spacial score (nSPS) is 17.8. The molecule has 1 aromatic rings. The molecule has 4 heteroatoms. The van der Waals surface area contributed by atoms with Gasteiger partial charge in [-0.1, -0.05) is 6.42 Å². The molecule has 0 saturated carbocycles. The van der Waals surface area contributed by atoms with Crippen LogP contribution in [0.3, 0.4) is 0 Å². The van der Waals surface area contributed by atoms with Crippen LogP contribution >= 0.6 is 11.3 Å². The van der Waals surface area contributed by atoms with Gasteiger partial charge in [0.05, 0.1) is 11.2 Å². The summed E-state index contributed by atoms with van der Waals surface area (Å²) in [4.78, 5) is 6.84. The summed E-state index contributed by atoms with van der Waals surface area (Å²) >= 11 is 1.67. The van der Waals surface area contributed by atoms with Crippen LogP contribution in [0.2, 0.25) is 0 Å². The zero-order chi connectivity index (χ0) is 11.1. The van der Waals surface area contributed by atoms with Crippen LogP contribution in [0.5, 0.6) is 0 Å². The molecular weight excluding hydrogens is 218 g/mol. The van der Waals surface area contributed by atoms with Crippen molar-refractivity contribution in [2.45, 2.75) is 32.2 Å². The molecule has 0 aromatic carbocycles. The maximum atomic E-state index is 4.25. The van der Waals surface area contributed by atoms with Gasteiger partial charge >= 0.3 is 0 Å². The zero-order valence-corrected chi connectivity index (χ0v) is 10.6. The number of rotatable bonds is 6. The van der Waals surface area contributed by atoms with Gasteiger partial charge in [-0.25, -0.2) is 4.98 Å². The van der Waals surface area contributed by atoms with Crippen LogP contribution in [0.25, 0.3) is 0 Å². The second-order valence-corrected chi connectivity index (χ2v) is 5.13. The SMILES string of the molecule is c1nc(CNCCCN2CCCCC2)cs1. The monoisotopic (exact) mass is 239 g/mol. The molecule has 3 nitrogen and oxygen atoms in total. The Bertz CT molecular complexity index is 268. The van der Waals surface area contributed by atoms with Crippen molar-refractivity contribution >= 4 is 11.3 Å². The highest BCUT2D eigenvalue weighted by molar-refractivity contribution is 7.07. The summed E-state index contributed by atoms with van der Waals surface area (Å²) in [6.45, 7) is 5.90. The average molecular weight is 239 g/mol. The Morgan fingerprint density at radius 2 is 2.19 bits per heavy atom. The Hall–Kier alpha value is -0.450. The van der Waals surface area contributed by atoms with E-state index < -0.39 is 0 Å². The van der Waals surface area contributed by atoms with E-state index in [0.717, 1.165) is 13.1 Å². The summed E-state index contributed by atoms with van der Waals surface area (Å²) in [5, 5.41) is 5.55. The summed E-state index contributed by atoms with van der Waals surface area (Å²) in [7, 11) is 0. The molecule has 90 valence electrons. The van der Waals surface area contributed by atoms with Crippen molar-refractivity contribution in [1.29, 1.82) is 0 Å². The molecule has 0 radical (unpaired) electrons. The lowest BCUT2D eigenvalue weighted by atomic mass is 10.1. The smallest absolute Gasteiger partial charge is 0.0795 e. The second-order valence-electron chi connectivity index (χ2n) is 4.41. The lowest BCUT2D eigenvalue weighted by molar-refractivity contribution is 0.225. The highest BCUT2D eigenvalue weighted by Crippen LogP contribution is 2.08. The largest absolute Gasteiger partial charge is 0.311 e. The number of aromatic nitrogens is 1. The van der Waals surface area contributed by atoms with Crippen LogP contribution in [0.1, 0.15) is 31.4 Å². The van der Waals surface area contributed by atoms with Gasteiger partial charge in [0.2, 0.25) is 0 Å². The maximum Gasteiger partial charge on any atom is 0.0795 e. The number of likely N-dealkylation sites (tertiary alicyclic amines) is 1. The van der Waals surface area contributed by atoms with Crippen molar-refractivity contribution < 1.29 is 0 Å². The van der Waals surface area contributed by atoms with Gasteiger partial charge in [0, 0.05) is 11.9 Å². The first-order valence-corrected chi connectivity index (χ1v) is 7.19. The molecule has 0 unspecified atom stereocenters. The van der Waals surface area contributed by atoms with Crippen molar-refractivity contribution in [1.82, 2.24) is 15.2 Å². The lowest BCUT2D eigenvalue weighted by Gasteiger charge is -2.26. The summed E-state index contributed by atoms with van der Waals surface area (Å²) in [5.74, 6) is 0. The number of hydrogen-bond acceptors (Lipinski definition) is 4. The highest BCUT2D eigenvalue weighted by atomic mass is 32.1. The predicted molar refractivity (Wildman–Crippen MR) is 68.7 cm³/mol. The number of thiazole rings is 1. The molecule has 1 aliphatic rings. The first-order chi connectivity index (χ1) is 7.95. The van der Waals surface area contributed by atoms with Crippen molar-refractivity contribution in [2.24, 2.45) is 0 Å². The molecule has 1 aromatic heterocycles. The molecule has 0 spiro atoms. The van der Waals surface area contributed by atoms with E-state index in [4.69, 9.17) is 0 Å².